The zero-order chi connectivity index (χ0) is 26.4. The van der Waals surface area contributed by atoms with Crippen LogP contribution in [0.5, 0.6) is 0 Å². The lowest BCUT2D eigenvalue weighted by Crippen LogP contribution is -2.34. The minimum absolute atomic E-state index is 0.00273. The molecule has 0 aliphatic rings. The molecule has 0 aliphatic heterocycles. The van der Waals surface area contributed by atoms with Crippen LogP contribution in [-0.4, -0.2) is 44.2 Å². The summed E-state index contributed by atoms with van der Waals surface area (Å²) in [5.74, 6) is 0.419. The van der Waals surface area contributed by atoms with Crippen LogP contribution in [0.2, 0.25) is 0 Å². The first-order valence-electron chi connectivity index (χ1n) is 11.9. The van der Waals surface area contributed by atoms with Crippen molar-refractivity contribution in [1.29, 1.82) is 0 Å². The smallest absolute Gasteiger partial charge is 0.415 e. The van der Waals surface area contributed by atoms with Crippen molar-refractivity contribution in [2.24, 2.45) is 12.5 Å². The van der Waals surface area contributed by atoms with Crippen molar-refractivity contribution < 1.29 is 14.3 Å². The van der Waals surface area contributed by atoms with E-state index in [0.29, 0.717) is 23.5 Å². The van der Waals surface area contributed by atoms with E-state index in [2.05, 4.69) is 15.3 Å². The summed E-state index contributed by atoms with van der Waals surface area (Å²) >= 11 is 0. The second-order valence-corrected chi connectivity index (χ2v) is 11.1. The maximum Gasteiger partial charge on any atom is 0.415 e. The minimum atomic E-state index is -0.629. The van der Waals surface area contributed by atoms with Crippen molar-refractivity contribution in [2.45, 2.75) is 53.7 Å². The Bertz CT molecular complexity index is 1450. The number of carbonyl (C=O) groups is 2. The third-order valence-electron chi connectivity index (χ3n) is 5.78. The molecule has 190 valence electrons. The highest BCUT2D eigenvalue weighted by Crippen LogP contribution is 2.33. The predicted molar refractivity (Wildman–Crippen MR) is 142 cm³/mol. The molecular weight excluding hydrogens is 456 g/mol. The Hall–Kier alpha value is -3.88. The summed E-state index contributed by atoms with van der Waals surface area (Å²) in [6.45, 7) is 11.6. The summed E-state index contributed by atoms with van der Waals surface area (Å²) in [6, 6.07) is 10.0. The summed E-state index contributed by atoms with van der Waals surface area (Å²) in [5, 5.41) is 3.89. The van der Waals surface area contributed by atoms with Crippen LogP contribution in [0.1, 0.15) is 47.1 Å². The number of benzene rings is 1. The van der Waals surface area contributed by atoms with Gasteiger partial charge in [-0.25, -0.2) is 14.8 Å². The van der Waals surface area contributed by atoms with Gasteiger partial charge in [0.2, 0.25) is 5.91 Å². The number of imidazole rings is 1. The maximum atomic E-state index is 12.8. The SMILES string of the molecule is CN(C(=O)OC(C)(C)C)c1nc2[nH]c(-c3cccc(CNC(=O)C(C)(C)C)c3)cc2c2c1ncn2C. The van der Waals surface area contributed by atoms with E-state index in [0.717, 1.165) is 27.7 Å². The average Bonchev–Trinajstić information content (AvgIpc) is 3.38. The number of ether oxygens (including phenoxy) is 1. The topological polar surface area (TPSA) is 105 Å². The van der Waals surface area contributed by atoms with E-state index < -0.39 is 17.1 Å². The van der Waals surface area contributed by atoms with Crippen LogP contribution in [0.4, 0.5) is 10.6 Å². The zero-order valence-corrected chi connectivity index (χ0v) is 22.2. The molecule has 2 N–H and O–H groups in total. The van der Waals surface area contributed by atoms with Crippen molar-refractivity contribution in [3.63, 3.8) is 0 Å². The minimum Gasteiger partial charge on any atom is -0.443 e. The highest BCUT2D eigenvalue weighted by atomic mass is 16.6. The summed E-state index contributed by atoms with van der Waals surface area (Å²) in [5.41, 5.74) is 3.87. The number of pyridine rings is 1. The molecule has 0 spiro atoms. The molecule has 0 saturated carbocycles. The van der Waals surface area contributed by atoms with Crippen LogP contribution >= 0.6 is 0 Å². The van der Waals surface area contributed by atoms with Gasteiger partial charge < -0.3 is 19.6 Å². The Kier molecular flexibility index (Phi) is 6.28. The van der Waals surface area contributed by atoms with Gasteiger partial charge in [0.1, 0.15) is 16.8 Å². The van der Waals surface area contributed by atoms with E-state index in [1.807, 2.05) is 83.5 Å². The summed E-state index contributed by atoms with van der Waals surface area (Å²) in [6.07, 6.45) is 1.21. The molecule has 0 saturated heterocycles. The Morgan fingerprint density at radius 2 is 1.86 bits per heavy atom. The van der Waals surface area contributed by atoms with Crippen molar-refractivity contribution >= 4 is 39.9 Å². The first-order valence-corrected chi connectivity index (χ1v) is 11.9. The number of aromatic nitrogens is 4. The number of anilines is 1. The second kappa shape index (κ2) is 8.96. The van der Waals surface area contributed by atoms with E-state index in [1.165, 1.54) is 4.90 Å². The predicted octanol–water partition coefficient (Wildman–Crippen LogP) is 5.15. The lowest BCUT2D eigenvalue weighted by molar-refractivity contribution is -0.128. The Morgan fingerprint density at radius 3 is 2.53 bits per heavy atom. The monoisotopic (exact) mass is 490 g/mol. The number of nitrogens with one attached hydrogen (secondary N) is 2. The van der Waals surface area contributed by atoms with Crippen LogP contribution in [0, 0.1) is 5.41 Å². The third-order valence-corrected chi connectivity index (χ3v) is 5.78. The second-order valence-electron chi connectivity index (χ2n) is 11.1. The van der Waals surface area contributed by atoms with Gasteiger partial charge in [-0.15, -0.1) is 0 Å². The highest BCUT2D eigenvalue weighted by molar-refractivity contribution is 6.09. The van der Waals surface area contributed by atoms with Gasteiger partial charge in [-0.05, 0) is 44.0 Å². The molecule has 3 aromatic heterocycles. The van der Waals surface area contributed by atoms with Crippen LogP contribution in [0.25, 0.3) is 33.3 Å². The standard InChI is InChI=1S/C27H34N6O3/c1-26(2,3)24(34)28-14-16-10-9-11-17(12-16)19-13-18-21-20(29-15-32(21)7)23(31-22(18)30-19)33(8)25(35)36-27(4,5)6/h9-13,15H,14H2,1-8H3,(H,28,34)(H,30,31). The number of H-pyrrole nitrogens is 1. The first kappa shape index (κ1) is 25.2. The van der Waals surface area contributed by atoms with Gasteiger partial charge in [0.05, 0.1) is 11.8 Å². The number of rotatable bonds is 4. The molecule has 0 atom stereocenters. The largest absolute Gasteiger partial charge is 0.443 e. The molecule has 4 rings (SSSR count). The molecule has 0 unspecified atom stereocenters. The quantitative estimate of drug-likeness (QED) is 0.412. The summed E-state index contributed by atoms with van der Waals surface area (Å²) < 4.78 is 7.46. The van der Waals surface area contributed by atoms with E-state index in [1.54, 1.807) is 13.4 Å². The molecule has 9 heteroatoms. The van der Waals surface area contributed by atoms with E-state index >= 15 is 0 Å². The van der Waals surface area contributed by atoms with Crippen LogP contribution in [0.3, 0.4) is 0 Å². The first-order chi connectivity index (χ1) is 16.7. The maximum absolute atomic E-state index is 12.8. The number of amides is 2. The number of aromatic amines is 1. The fourth-order valence-corrected chi connectivity index (χ4v) is 3.89. The fourth-order valence-electron chi connectivity index (χ4n) is 3.89. The number of nitrogens with zero attached hydrogens (tertiary/aromatic N) is 4. The summed E-state index contributed by atoms with van der Waals surface area (Å²) in [7, 11) is 3.55. The van der Waals surface area contributed by atoms with Gasteiger partial charge >= 0.3 is 6.09 Å². The van der Waals surface area contributed by atoms with Crippen molar-refractivity contribution in [3.8, 4) is 11.3 Å². The average molecular weight is 491 g/mol. The van der Waals surface area contributed by atoms with Gasteiger partial charge in [0.25, 0.3) is 0 Å². The number of aryl methyl sites for hydroxylation is 1. The molecule has 0 bridgehead atoms. The van der Waals surface area contributed by atoms with Gasteiger partial charge in [0.15, 0.2) is 5.82 Å². The van der Waals surface area contributed by atoms with Crippen LogP contribution in [0.15, 0.2) is 36.7 Å². The van der Waals surface area contributed by atoms with Gasteiger partial charge in [-0.2, -0.15) is 0 Å². The molecule has 0 aliphatic carbocycles. The number of fused-ring (bicyclic) bond motifs is 3. The molecule has 0 radical (unpaired) electrons. The van der Waals surface area contributed by atoms with Gasteiger partial charge in [-0.3, -0.25) is 9.69 Å². The fraction of sp³-hybridized carbons (Fsp3) is 0.407. The summed E-state index contributed by atoms with van der Waals surface area (Å²) in [4.78, 5) is 39.1. The number of hydrogen-bond acceptors (Lipinski definition) is 5. The third kappa shape index (κ3) is 5.05. The Balaban J connectivity index is 1.72. The zero-order valence-electron chi connectivity index (χ0n) is 22.2. The lowest BCUT2D eigenvalue weighted by Gasteiger charge is -2.24. The molecule has 1 aromatic carbocycles. The van der Waals surface area contributed by atoms with Crippen molar-refractivity contribution in [1.82, 2.24) is 24.8 Å². The van der Waals surface area contributed by atoms with E-state index in [4.69, 9.17) is 9.72 Å². The highest BCUT2D eigenvalue weighted by Gasteiger charge is 2.26. The normalized spacial score (nSPS) is 12.2. The molecule has 3 heterocycles. The van der Waals surface area contributed by atoms with Gasteiger partial charge in [-0.1, -0.05) is 39.0 Å². The number of hydrogen-bond donors (Lipinski definition) is 2. The molecule has 0 fully saturated rings. The van der Waals surface area contributed by atoms with Crippen LogP contribution in [-0.2, 0) is 23.1 Å². The Labute approximate surface area is 210 Å². The molecule has 2 amide bonds. The van der Waals surface area contributed by atoms with Crippen LogP contribution < -0.4 is 10.2 Å². The molecule has 36 heavy (non-hydrogen) atoms. The van der Waals surface area contributed by atoms with E-state index in [9.17, 15) is 9.59 Å². The van der Waals surface area contributed by atoms with Crippen molar-refractivity contribution in [2.75, 3.05) is 11.9 Å². The molecular formula is C27H34N6O3. The Morgan fingerprint density at radius 1 is 1.14 bits per heavy atom. The lowest BCUT2D eigenvalue weighted by atomic mass is 9.95. The number of carbonyl (C=O) groups excluding carboxylic acids is 2. The van der Waals surface area contributed by atoms with E-state index in [-0.39, 0.29) is 5.91 Å². The van der Waals surface area contributed by atoms with Crippen molar-refractivity contribution in [3.05, 3.63) is 42.2 Å². The molecule has 4 aromatic rings. The molecule has 9 nitrogen and oxygen atoms in total. The van der Waals surface area contributed by atoms with Gasteiger partial charge in [0, 0.05) is 37.1 Å².